The van der Waals surface area contributed by atoms with Crippen LogP contribution in [0.25, 0.3) is 5.57 Å². The highest BCUT2D eigenvalue weighted by atomic mass is 32.1. The van der Waals surface area contributed by atoms with Crippen molar-refractivity contribution in [2.75, 3.05) is 18.4 Å². The van der Waals surface area contributed by atoms with Gasteiger partial charge in [0, 0.05) is 29.7 Å². The quantitative estimate of drug-likeness (QED) is 0.836. The summed E-state index contributed by atoms with van der Waals surface area (Å²) in [6.07, 6.45) is 7.10. The first-order valence-corrected chi connectivity index (χ1v) is 10.5. The van der Waals surface area contributed by atoms with Crippen LogP contribution in [0.2, 0.25) is 0 Å². The largest absolute Gasteiger partial charge is 0.339 e. The van der Waals surface area contributed by atoms with E-state index in [1.54, 1.807) is 0 Å². The summed E-state index contributed by atoms with van der Waals surface area (Å²) >= 11 is 1.48. The van der Waals surface area contributed by atoms with Crippen molar-refractivity contribution >= 4 is 34.4 Å². The van der Waals surface area contributed by atoms with E-state index in [4.69, 9.17) is 0 Å². The molecule has 1 aliphatic heterocycles. The maximum Gasteiger partial charge on any atom is 0.250 e. The van der Waals surface area contributed by atoms with Crippen molar-refractivity contribution in [1.82, 2.24) is 9.88 Å². The number of aromatic nitrogens is 1. The van der Waals surface area contributed by atoms with Crippen molar-refractivity contribution in [2.45, 2.75) is 32.6 Å². The van der Waals surface area contributed by atoms with Gasteiger partial charge in [0.05, 0.1) is 12.1 Å². The number of aryl methyl sites for hydroxylation is 1. The molecular formula is C22H23N3O2S. The van der Waals surface area contributed by atoms with E-state index in [0.717, 1.165) is 59.0 Å². The minimum absolute atomic E-state index is 0.0782. The van der Waals surface area contributed by atoms with Crippen LogP contribution in [0.5, 0.6) is 0 Å². The molecular weight excluding hydrogens is 370 g/mol. The Hall–Kier alpha value is -2.73. The molecule has 4 rings (SSSR count). The third kappa shape index (κ3) is 4.22. The Morgan fingerprint density at radius 3 is 2.68 bits per heavy atom. The number of allylic oxidation sites excluding steroid dienone is 3. The third-order valence-electron chi connectivity index (χ3n) is 5.03. The first kappa shape index (κ1) is 18.6. The minimum atomic E-state index is -0.0782. The summed E-state index contributed by atoms with van der Waals surface area (Å²) in [5.74, 6) is 0.0716. The summed E-state index contributed by atoms with van der Waals surface area (Å²) < 4.78 is 0. The number of anilines is 1. The van der Waals surface area contributed by atoms with E-state index in [9.17, 15) is 9.59 Å². The number of benzene rings is 1. The molecule has 0 bridgehead atoms. The SMILES string of the molecule is Cc1ccc(NC(=O)Cc2nc(C3=CCC(C(=O)N4CCCC4)=C3)cs2)cc1. The van der Waals surface area contributed by atoms with E-state index in [1.165, 1.54) is 11.3 Å². The van der Waals surface area contributed by atoms with E-state index in [1.807, 2.05) is 47.5 Å². The first-order valence-electron chi connectivity index (χ1n) is 9.60. The second kappa shape index (κ2) is 8.10. The third-order valence-corrected chi connectivity index (χ3v) is 5.88. The Bertz CT molecular complexity index is 950. The van der Waals surface area contributed by atoms with Gasteiger partial charge in [-0.2, -0.15) is 0 Å². The molecule has 0 atom stereocenters. The molecule has 2 aromatic rings. The highest BCUT2D eigenvalue weighted by Crippen LogP contribution is 2.29. The molecule has 0 radical (unpaired) electrons. The summed E-state index contributed by atoms with van der Waals surface area (Å²) in [4.78, 5) is 31.3. The van der Waals surface area contributed by atoms with E-state index in [0.29, 0.717) is 6.42 Å². The fourth-order valence-corrected chi connectivity index (χ4v) is 4.28. The standard InChI is InChI=1S/C22H23N3O2S/c1-15-4-8-18(9-5-15)23-20(26)13-21-24-19(14-28-21)16-6-7-17(12-16)22(27)25-10-2-3-11-25/h4-6,8-9,12,14H,2-3,7,10-11,13H2,1H3,(H,23,26). The molecule has 1 N–H and O–H groups in total. The number of amides is 2. The Balaban J connectivity index is 1.37. The summed E-state index contributed by atoms with van der Waals surface area (Å²) in [5, 5.41) is 5.63. The van der Waals surface area contributed by atoms with Crippen LogP contribution >= 0.6 is 11.3 Å². The highest BCUT2D eigenvalue weighted by molar-refractivity contribution is 7.09. The first-order chi connectivity index (χ1) is 13.6. The van der Waals surface area contributed by atoms with E-state index in [-0.39, 0.29) is 18.2 Å². The number of hydrogen-bond donors (Lipinski definition) is 1. The van der Waals surface area contributed by atoms with E-state index >= 15 is 0 Å². The number of carbonyl (C=O) groups excluding carboxylic acids is 2. The lowest BCUT2D eigenvalue weighted by molar-refractivity contribution is -0.126. The van der Waals surface area contributed by atoms with Crippen LogP contribution in [0.3, 0.4) is 0 Å². The van der Waals surface area contributed by atoms with Crippen LogP contribution < -0.4 is 5.32 Å². The normalized spacial score (nSPS) is 16.1. The molecule has 2 heterocycles. The monoisotopic (exact) mass is 393 g/mol. The van der Waals surface area contributed by atoms with Gasteiger partial charge in [0.2, 0.25) is 11.8 Å². The van der Waals surface area contributed by atoms with Crippen LogP contribution in [0.1, 0.15) is 35.5 Å². The number of thiazole rings is 1. The van der Waals surface area contributed by atoms with Gasteiger partial charge in [0.15, 0.2) is 0 Å². The van der Waals surface area contributed by atoms with E-state index in [2.05, 4.69) is 16.4 Å². The average molecular weight is 394 g/mol. The summed E-state index contributed by atoms with van der Waals surface area (Å²) in [5.41, 5.74) is 4.60. The Morgan fingerprint density at radius 2 is 1.93 bits per heavy atom. The molecule has 1 aromatic heterocycles. The Morgan fingerprint density at radius 1 is 1.18 bits per heavy atom. The predicted octanol–water partition coefficient (Wildman–Crippen LogP) is 3.97. The molecule has 0 unspecified atom stereocenters. The van der Waals surface area contributed by atoms with Gasteiger partial charge in [-0.3, -0.25) is 9.59 Å². The average Bonchev–Trinajstić information content (AvgIpc) is 3.44. The van der Waals surface area contributed by atoms with Gasteiger partial charge in [-0.05, 0) is 50.0 Å². The van der Waals surface area contributed by atoms with Crippen molar-refractivity contribution in [1.29, 1.82) is 0 Å². The van der Waals surface area contributed by atoms with Crippen molar-refractivity contribution in [3.8, 4) is 0 Å². The molecule has 0 saturated carbocycles. The van der Waals surface area contributed by atoms with E-state index < -0.39 is 0 Å². The van der Waals surface area contributed by atoms with Gasteiger partial charge in [-0.25, -0.2) is 4.98 Å². The molecule has 1 fully saturated rings. The zero-order chi connectivity index (χ0) is 19.5. The van der Waals surface area contributed by atoms with Gasteiger partial charge < -0.3 is 10.2 Å². The maximum atomic E-state index is 12.5. The number of nitrogens with zero attached hydrogens (tertiary/aromatic N) is 2. The van der Waals surface area contributed by atoms with Crippen LogP contribution in [0.4, 0.5) is 5.69 Å². The Labute approximate surface area is 168 Å². The fraction of sp³-hybridized carbons (Fsp3) is 0.318. The summed E-state index contributed by atoms with van der Waals surface area (Å²) in [6.45, 7) is 3.74. The van der Waals surface area contributed by atoms with Crippen molar-refractivity contribution in [3.63, 3.8) is 0 Å². The molecule has 2 aliphatic rings. The highest BCUT2D eigenvalue weighted by Gasteiger charge is 2.24. The molecule has 1 saturated heterocycles. The second-order valence-corrected chi connectivity index (χ2v) is 8.19. The van der Waals surface area contributed by atoms with Gasteiger partial charge in [-0.1, -0.05) is 23.8 Å². The lowest BCUT2D eigenvalue weighted by Gasteiger charge is -2.15. The van der Waals surface area contributed by atoms with Crippen LogP contribution in [-0.4, -0.2) is 34.8 Å². The van der Waals surface area contributed by atoms with Crippen LogP contribution in [0.15, 0.2) is 47.4 Å². The van der Waals surface area contributed by atoms with Crippen LogP contribution in [0, 0.1) is 6.92 Å². The lowest BCUT2D eigenvalue weighted by Crippen LogP contribution is -2.28. The minimum Gasteiger partial charge on any atom is -0.339 e. The number of nitrogens with one attached hydrogen (secondary N) is 1. The molecule has 1 aliphatic carbocycles. The molecule has 144 valence electrons. The molecule has 28 heavy (non-hydrogen) atoms. The van der Waals surface area contributed by atoms with Gasteiger partial charge in [0.25, 0.3) is 0 Å². The smallest absolute Gasteiger partial charge is 0.250 e. The number of rotatable bonds is 5. The predicted molar refractivity (Wildman–Crippen MR) is 112 cm³/mol. The lowest BCUT2D eigenvalue weighted by atomic mass is 10.2. The maximum absolute atomic E-state index is 12.5. The summed E-state index contributed by atoms with van der Waals surface area (Å²) in [7, 11) is 0. The van der Waals surface area contributed by atoms with Crippen LogP contribution in [-0.2, 0) is 16.0 Å². The zero-order valence-electron chi connectivity index (χ0n) is 15.9. The Kier molecular flexibility index (Phi) is 5.39. The zero-order valence-corrected chi connectivity index (χ0v) is 16.7. The van der Waals surface area contributed by atoms with Crippen molar-refractivity contribution < 1.29 is 9.59 Å². The number of hydrogen-bond acceptors (Lipinski definition) is 4. The van der Waals surface area contributed by atoms with Crippen molar-refractivity contribution in [2.24, 2.45) is 0 Å². The second-order valence-electron chi connectivity index (χ2n) is 7.25. The summed E-state index contributed by atoms with van der Waals surface area (Å²) in [6, 6.07) is 7.73. The molecule has 5 nitrogen and oxygen atoms in total. The number of likely N-dealkylation sites (tertiary alicyclic amines) is 1. The molecule has 2 amide bonds. The molecule has 0 spiro atoms. The van der Waals surface area contributed by atoms with Crippen molar-refractivity contribution in [3.05, 3.63) is 63.6 Å². The fourth-order valence-electron chi connectivity index (χ4n) is 3.48. The van der Waals surface area contributed by atoms with Gasteiger partial charge in [0.1, 0.15) is 5.01 Å². The molecule has 1 aromatic carbocycles. The topological polar surface area (TPSA) is 62.3 Å². The molecule has 6 heteroatoms. The van der Waals surface area contributed by atoms with Gasteiger partial charge >= 0.3 is 0 Å². The number of carbonyl (C=O) groups is 2. The van der Waals surface area contributed by atoms with Gasteiger partial charge in [-0.15, -0.1) is 11.3 Å².